The molecule has 0 saturated heterocycles. The zero-order chi connectivity index (χ0) is 23.2. The van der Waals surface area contributed by atoms with Crippen molar-refractivity contribution < 1.29 is 19.4 Å². The van der Waals surface area contributed by atoms with E-state index in [0.717, 1.165) is 10.8 Å². The summed E-state index contributed by atoms with van der Waals surface area (Å²) in [5.41, 5.74) is 7.72. The minimum Gasteiger partial charge on any atom is -0.495 e. The van der Waals surface area contributed by atoms with Crippen LogP contribution in [0.2, 0.25) is 0 Å². The zero-order valence-corrected chi connectivity index (χ0v) is 17.9. The first kappa shape index (κ1) is 21.8. The van der Waals surface area contributed by atoms with Gasteiger partial charge in [0.2, 0.25) is 11.8 Å². The topological polar surface area (TPSA) is 132 Å². The van der Waals surface area contributed by atoms with E-state index in [2.05, 4.69) is 20.6 Å². The normalized spacial score (nSPS) is 10.6. The van der Waals surface area contributed by atoms with E-state index in [9.17, 15) is 4.79 Å². The number of hydrogen-bond donors (Lipinski definition) is 4. The van der Waals surface area contributed by atoms with Gasteiger partial charge in [-0.1, -0.05) is 24.3 Å². The summed E-state index contributed by atoms with van der Waals surface area (Å²) >= 11 is 0. The smallest absolute Gasteiger partial charge is 0.251 e. The minimum absolute atomic E-state index is 0.134. The summed E-state index contributed by atoms with van der Waals surface area (Å²) in [6.07, 6.45) is 1.58. The van der Waals surface area contributed by atoms with Crippen molar-refractivity contribution in [3.8, 4) is 17.4 Å². The van der Waals surface area contributed by atoms with Crippen LogP contribution in [0.25, 0.3) is 10.8 Å². The summed E-state index contributed by atoms with van der Waals surface area (Å²) in [5, 5.41) is 16.3. The van der Waals surface area contributed by atoms with E-state index >= 15 is 0 Å². The van der Waals surface area contributed by atoms with Gasteiger partial charge in [-0.05, 0) is 30.3 Å². The largest absolute Gasteiger partial charge is 0.495 e. The van der Waals surface area contributed by atoms with Gasteiger partial charge in [-0.3, -0.25) is 4.79 Å². The van der Waals surface area contributed by atoms with Crippen LogP contribution in [0.3, 0.4) is 0 Å². The summed E-state index contributed by atoms with van der Waals surface area (Å²) in [6.45, 7) is 0.0372. The number of carbonyl (C=O) groups excluding carboxylic acids is 1. The zero-order valence-electron chi connectivity index (χ0n) is 17.9. The van der Waals surface area contributed by atoms with Gasteiger partial charge in [-0.15, -0.1) is 0 Å². The predicted molar refractivity (Wildman–Crippen MR) is 126 cm³/mol. The highest BCUT2D eigenvalue weighted by Gasteiger charge is 2.12. The molecule has 4 aromatic rings. The van der Waals surface area contributed by atoms with E-state index < -0.39 is 0 Å². The van der Waals surface area contributed by atoms with Crippen LogP contribution >= 0.6 is 0 Å². The Kier molecular flexibility index (Phi) is 6.51. The number of anilines is 3. The monoisotopic (exact) mass is 445 g/mol. The Labute approximate surface area is 190 Å². The fourth-order valence-electron chi connectivity index (χ4n) is 3.28. The molecule has 5 N–H and O–H groups in total. The average molecular weight is 445 g/mol. The van der Waals surface area contributed by atoms with E-state index in [4.69, 9.17) is 20.3 Å². The van der Waals surface area contributed by atoms with Crippen LogP contribution in [0, 0.1) is 0 Å². The van der Waals surface area contributed by atoms with Crippen molar-refractivity contribution >= 4 is 34.0 Å². The molecule has 3 aromatic carbocycles. The van der Waals surface area contributed by atoms with Gasteiger partial charge in [0.05, 0.1) is 19.4 Å². The molecule has 33 heavy (non-hydrogen) atoms. The molecule has 4 rings (SSSR count). The Morgan fingerprint density at radius 2 is 1.88 bits per heavy atom. The Hall–Kier alpha value is -4.37. The second-order valence-corrected chi connectivity index (χ2v) is 7.04. The Bertz CT molecular complexity index is 1300. The molecule has 9 nitrogen and oxygen atoms in total. The number of aliphatic hydroxyl groups is 1. The fourth-order valence-corrected chi connectivity index (χ4v) is 3.28. The van der Waals surface area contributed by atoms with Crippen LogP contribution in [0.15, 0.2) is 66.9 Å². The second-order valence-electron chi connectivity index (χ2n) is 7.04. The lowest BCUT2D eigenvalue weighted by atomic mass is 10.1. The standard InChI is InChI=1S/C24H23N5O4/c1-32-21-14-15(23(31)26-12-13-30)6-8-19(21)28-24-27-11-10-22(29-24)33-20-9-7-18(25)16-4-2-3-5-17(16)20/h2-11,14,30H,12-13,25H2,1H3,(H,26,31)(H,27,28,29). The summed E-state index contributed by atoms with van der Waals surface area (Å²) in [4.78, 5) is 20.8. The summed E-state index contributed by atoms with van der Waals surface area (Å²) in [5.74, 6) is 1.40. The van der Waals surface area contributed by atoms with E-state index in [1.165, 1.54) is 7.11 Å². The lowest BCUT2D eigenvalue weighted by Gasteiger charge is -2.13. The number of benzene rings is 3. The molecular weight excluding hydrogens is 422 g/mol. The number of ether oxygens (including phenoxy) is 2. The van der Waals surface area contributed by atoms with Gasteiger partial charge in [0.25, 0.3) is 5.91 Å². The van der Waals surface area contributed by atoms with Gasteiger partial charge in [-0.25, -0.2) is 4.98 Å². The van der Waals surface area contributed by atoms with Crippen LogP contribution in [-0.4, -0.2) is 41.2 Å². The third-order valence-corrected chi connectivity index (χ3v) is 4.87. The molecule has 0 bridgehead atoms. The van der Waals surface area contributed by atoms with Crippen LogP contribution in [0.4, 0.5) is 17.3 Å². The Morgan fingerprint density at radius 1 is 1.06 bits per heavy atom. The van der Waals surface area contributed by atoms with Gasteiger partial charge in [0.15, 0.2) is 0 Å². The van der Waals surface area contributed by atoms with E-state index in [-0.39, 0.29) is 19.1 Å². The molecule has 1 aromatic heterocycles. The van der Waals surface area contributed by atoms with Crippen molar-refractivity contribution in [2.24, 2.45) is 0 Å². The first-order valence-corrected chi connectivity index (χ1v) is 10.2. The van der Waals surface area contributed by atoms with Crippen molar-refractivity contribution in [1.29, 1.82) is 0 Å². The fraction of sp³-hybridized carbons (Fsp3) is 0.125. The predicted octanol–water partition coefficient (Wildman–Crippen LogP) is 3.48. The van der Waals surface area contributed by atoms with E-state index in [0.29, 0.717) is 40.3 Å². The number of hydrogen-bond acceptors (Lipinski definition) is 8. The number of aliphatic hydroxyl groups excluding tert-OH is 1. The van der Waals surface area contributed by atoms with Crippen molar-refractivity contribution in [3.63, 3.8) is 0 Å². The van der Waals surface area contributed by atoms with Crippen molar-refractivity contribution in [2.75, 3.05) is 31.3 Å². The first-order valence-electron chi connectivity index (χ1n) is 10.2. The number of carbonyl (C=O) groups is 1. The maximum absolute atomic E-state index is 12.1. The van der Waals surface area contributed by atoms with Gasteiger partial charge in [0, 0.05) is 40.8 Å². The van der Waals surface area contributed by atoms with Gasteiger partial charge < -0.3 is 30.9 Å². The van der Waals surface area contributed by atoms with E-state index in [1.807, 2.05) is 24.3 Å². The number of fused-ring (bicyclic) bond motifs is 1. The highest BCUT2D eigenvalue weighted by atomic mass is 16.5. The Morgan fingerprint density at radius 3 is 2.67 bits per heavy atom. The number of nitrogens with two attached hydrogens (primary N) is 1. The van der Waals surface area contributed by atoms with Crippen LogP contribution in [0.1, 0.15) is 10.4 Å². The third-order valence-electron chi connectivity index (χ3n) is 4.87. The molecule has 0 saturated carbocycles. The molecule has 0 atom stereocenters. The maximum atomic E-state index is 12.1. The lowest BCUT2D eigenvalue weighted by Crippen LogP contribution is -2.26. The third kappa shape index (κ3) is 4.94. The molecule has 1 heterocycles. The first-order chi connectivity index (χ1) is 16.1. The second kappa shape index (κ2) is 9.84. The van der Waals surface area contributed by atoms with Crippen molar-refractivity contribution in [3.05, 3.63) is 72.4 Å². The van der Waals surface area contributed by atoms with Gasteiger partial charge >= 0.3 is 0 Å². The van der Waals surface area contributed by atoms with Crippen molar-refractivity contribution in [1.82, 2.24) is 15.3 Å². The maximum Gasteiger partial charge on any atom is 0.251 e. The summed E-state index contributed by atoms with van der Waals surface area (Å²) < 4.78 is 11.4. The molecule has 0 unspecified atom stereocenters. The van der Waals surface area contributed by atoms with Crippen LogP contribution < -0.4 is 25.8 Å². The number of methoxy groups -OCH3 is 1. The molecule has 0 aliphatic heterocycles. The SMILES string of the molecule is COc1cc(C(=O)NCCO)ccc1Nc1nccc(Oc2ccc(N)c3ccccc23)n1. The molecule has 0 aliphatic rings. The minimum atomic E-state index is -0.309. The number of aromatic nitrogens is 2. The highest BCUT2D eigenvalue weighted by Crippen LogP contribution is 2.33. The summed E-state index contributed by atoms with van der Waals surface area (Å²) in [7, 11) is 1.50. The lowest BCUT2D eigenvalue weighted by molar-refractivity contribution is 0.0944. The van der Waals surface area contributed by atoms with E-state index in [1.54, 1.807) is 42.6 Å². The molecule has 1 amide bonds. The number of rotatable bonds is 8. The molecule has 0 radical (unpaired) electrons. The van der Waals surface area contributed by atoms with Gasteiger partial charge in [-0.2, -0.15) is 4.98 Å². The van der Waals surface area contributed by atoms with Crippen LogP contribution in [0.5, 0.6) is 17.4 Å². The number of amides is 1. The molecular formula is C24H23N5O4. The summed E-state index contributed by atoms with van der Waals surface area (Å²) in [6, 6.07) is 17.9. The molecule has 0 spiro atoms. The van der Waals surface area contributed by atoms with Gasteiger partial charge in [0.1, 0.15) is 11.5 Å². The Balaban J connectivity index is 1.56. The average Bonchev–Trinajstić information content (AvgIpc) is 2.85. The molecule has 168 valence electrons. The number of nitrogens with zero attached hydrogens (tertiary/aromatic N) is 2. The molecule has 0 aliphatic carbocycles. The molecule has 9 heteroatoms. The number of nitrogens with one attached hydrogen (secondary N) is 2. The highest BCUT2D eigenvalue weighted by molar-refractivity contribution is 5.97. The quantitative estimate of drug-likeness (QED) is 0.303. The van der Waals surface area contributed by atoms with Crippen LogP contribution in [-0.2, 0) is 0 Å². The number of nitrogen functional groups attached to an aromatic ring is 1. The molecule has 0 fully saturated rings. The van der Waals surface area contributed by atoms with Crippen molar-refractivity contribution in [2.45, 2.75) is 0 Å².